The van der Waals surface area contributed by atoms with Gasteiger partial charge >= 0.3 is 0 Å². The maximum Gasteiger partial charge on any atom is 0.260 e. The fraction of sp³-hybridized carbons (Fsp3) is 0.211. The van der Waals surface area contributed by atoms with Crippen LogP contribution < -0.4 is 5.32 Å². The normalized spacial score (nSPS) is 14.6. The van der Waals surface area contributed by atoms with Gasteiger partial charge in [-0.3, -0.25) is 14.5 Å². The van der Waals surface area contributed by atoms with Gasteiger partial charge in [0.2, 0.25) is 5.91 Å². The number of amides is 2. The summed E-state index contributed by atoms with van der Waals surface area (Å²) in [5.74, 6) is 0.698. The van der Waals surface area contributed by atoms with Gasteiger partial charge in [0.05, 0.1) is 17.8 Å². The van der Waals surface area contributed by atoms with Crippen LogP contribution in [0, 0.1) is 0 Å². The summed E-state index contributed by atoms with van der Waals surface area (Å²) >= 11 is 0. The molecule has 0 radical (unpaired) electrons. The van der Waals surface area contributed by atoms with E-state index in [0.717, 1.165) is 28.9 Å². The first kappa shape index (κ1) is 14.6. The van der Waals surface area contributed by atoms with E-state index in [1.165, 1.54) is 0 Å². The summed E-state index contributed by atoms with van der Waals surface area (Å²) in [5.41, 5.74) is 4.11. The number of nitrogens with zero attached hydrogens (tertiary/aromatic N) is 2. The molecule has 120 valence electrons. The van der Waals surface area contributed by atoms with Crippen LogP contribution in [0.2, 0.25) is 0 Å². The summed E-state index contributed by atoms with van der Waals surface area (Å²) < 4.78 is 0. The van der Waals surface area contributed by atoms with E-state index in [1.807, 2.05) is 49.4 Å². The summed E-state index contributed by atoms with van der Waals surface area (Å²) in [7, 11) is 0. The van der Waals surface area contributed by atoms with Crippen LogP contribution in [0.15, 0.2) is 47.5 Å². The van der Waals surface area contributed by atoms with Crippen molar-refractivity contribution >= 4 is 29.0 Å². The second-order valence-electron chi connectivity index (χ2n) is 6.01. The van der Waals surface area contributed by atoms with Crippen molar-refractivity contribution in [3.63, 3.8) is 0 Å². The predicted octanol–water partition coefficient (Wildman–Crippen LogP) is 3.47. The van der Waals surface area contributed by atoms with E-state index in [4.69, 9.17) is 0 Å². The molecule has 0 aromatic heterocycles. The van der Waals surface area contributed by atoms with E-state index in [1.54, 1.807) is 4.90 Å². The molecular weight excluding hydrogens is 302 g/mol. The molecule has 0 unspecified atom stereocenters. The molecule has 2 aliphatic heterocycles. The van der Waals surface area contributed by atoms with Crippen molar-refractivity contribution in [3.8, 4) is 0 Å². The summed E-state index contributed by atoms with van der Waals surface area (Å²) in [6.07, 6.45) is 1.31. The standard InChI is InChI=1S/C19H17N3O2/c1-2-5-17(23)20-13-8-9-16-12(10-13)11-22-18(21-16)14-6-3-4-7-15(14)19(22)24/h3-4,6-10H,2,5,11H2,1H3,(H,20,23). The van der Waals surface area contributed by atoms with Gasteiger partial charge in [-0.2, -0.15) is 0 Å². The Kier molecular flexibility index (Phi) is 3.41. The van der Waals surface area contributed by atoms with Crippen LogP contribution in [0.5, 0.6) is 0 Å². The van der Waals surface area contributed by atoms with Gasteiger partial charge in [0.25, 0.3) is 5.91 Å². The van der Waals surface area contributed by atoms with Gasteiger partial charge in [-0.25, -0.2) is 4.99 Å². The number of hydrogen-bond donors (Lipinski definition) is 1. The van der Waals surface area contributed by atoms with Crippen molar-refractivity contribution in [3.05, 3.63) is 59.2 Å². The van der Waals surface area contributed by atoms with Crippen molar-refractivity contribution in [2.24, 2.45) is 4.99 Å². The van der Waals surface area contributed by atoms with Gasteiger partial charge in [-0.05, 0) is 36.2 Å². The molecule has 0 aliphatic carbocycles. The number of hydrogen-bond acceptors (Lipinski definition) is 3. The molecule has 0 saturated carbocycles. The van der Waals surface area contributed by atoms with Gasteiger partial charge in [0.15, 0.2) is 0 Å². The maximum atomic E-state index is 12.6. The van der Waals surface area contributed by atoms with Gasteiger partial charge in [0.1, 0.15) is 5.84 Å². The molecule has 24 heavy (non-hydrogen) atoms. The Hall–Kier alpha value is -2.95. The molecule has 2 aliphatic rings. The first-order chi connectivity index (χ1) is 11.7. The number of anilines is 1. The molecule has 2 amide bonds. The number of benzene rings is 2. The molecule has 2 heterocycles. The van der Waals surface area contributed by atoms with Crippen molar-refractivity contribution in [1.82, 2.24) is 4.90 Å². The molecule has 2 aromatic rings. The lowest BCUT2D eigenvalue weighted by atomic mass is 10.1. The van der Waals surface area contributed by atoms with Gasteiger partial charge < -0.3 is 5.32 Å². The monoisotopic (exact) mass is 319 g/mol. The molecule has 0 atom stereocenters. The zero-order chi connectivity index (χ0) is 16.7. The minimum Gasteiger partial charge on any atom is -0.326 e. The fourth-order valence-corrected chi connectivity index (χ4v) is 3.15. The SMILES string of the molecule is CCCC(=O)Nc1ccc2c(c1)CN1C(=O)c3ccccc3C1=N2. The quantitative estimate of drug-likeness (QED) is 0.941. The van der Waals surface area contributed by atoms with Crippen LogP contribution in [0.4, 0.5) is 11.4 Å². The second-order valence-corrected chi connectivity index (χ2v) is 6.01. The third-order valence-corrected chi connectivity index (χ3v) is 4.29. The molecule has 4 rings (SSSR count). The van der Waals surface area contributed by atoms with Crippen LogP contribution in [-0.4, -0.2) is 22.5 Å². The molecule has 2 aromatic carbocycles. The Balaban J connectivity index is 1.68. The lowest BCUT2D eigenvalue weighted by Crippen LogP contribution is -2.31. The number of aliphatic imine (C=N–C) groups is 1. The molecule has 0 saturated heterocycles. The van der Waals surface area contributed by atoms with Crippen LogP contribution in [0.1, 0.15) is 41.3 Å². The minimum atomic E-state index is -0.0181. The first-order valence-corrected chi connectivity index (χ1v) is 8.10. The van der Waals surface area contributed by atoms with Gasteiger partial charge in [0, 0.05) is 17.7 Å². The fourth-order valence-electron chi connectivity index (χ4n) is 3.15. The Labute approximate surface area is 140 Å². The topological polar surface area (TPSA) is 61.8 Å². The third kappa shape index (κ3) is 2.29. The Morgan fingerprint density at radius 2 is 2.00 bits per heavy atom. The van der Waals surface area contributed by atoms with Crippen molar-refractivity contribution in [2.45, 2.75) is 26.3 Å². The predicted molar refractivity (Wildman–Crippen MR) is 92.5 cm³/mol. The highest BCUT2D eigenvalue weighted by Gasteiger charge is 2.36. The highest BCUT2D eigenvalue weighted by atomic mass is 16.2. The number of nitrogens with one attached hydrogen (secondary N) is 1. The van der Waals surface area contributed by atoms with Gasteiger partial charge in [-0.15, -0.1) is 0 Å². The highest BCUT2D eigenvalue weighted by molar-refractivity contribution is 6.24. The minimum absolute atomic E-state index is 0.00195. The van der Waals surface area contributed by atoms with E-state index in [-0.39, 0.29) is 11.8 Å². The lowest BCUT2D eigenvalue weighted by Gasteiger charge is -2.23. The number of fused-ring (bicyclic) bond motifs is 4. The number of rotatable bonds is 3. The smallest absolute Gasteiger partial charge is 0.260 e. The summed E-state index contributed by atoms with van der Waals surface area (Å²) in [5, 5.41) is 2.89. The van der Waals surface area contributed by atoms with Crippen LogP contribution in [0.3, 0.4) is 0 Å². The largest absolute Gasteiger partial charge is 0.326 e. The van der Waals surface area contributed by atoms with E-state index in [2.05, 4.69) is 10.3 Å². The maximum absolute atomic E-state index is 12.6. The van der Waals surface area contributed by atoms with E-state index < -0.39 is 0 Å². The Morgan fingerprint density at radius 3 is 2.79 bits per heavy atom. The van der Waals surface area contributed by atoms with Crippen LogP contribution in [0.25, 0.3) is 0 Å². The molecule has 0 spiro atoms. The number of carbonyl (C=O) groups is 2. The summed E-state index contributed by atoms with van der Waals surface area (Å²) in [4.78, 5) is 30.7. The molecule has 0 fully saturated rings. The van der Waals surface area contributed by atoms with Crippen molar-refractivity contribution in [1.29, 1.82) is 0 Å². The number of carbonyl (C=O) groups excluding carboxylic acids is 2. The molecule has 1 N–H and O–H groups in total. The zero-order valence-corrected chi connectivity index (χ0v) is 13.4. The van der Waals surface area contributed by atoms with E-state index >= 15 is 0 Å². The van der Waals surface area contributed by atoms with Crippen molar-refractivity contribution < 1.29 is 9.59 Å². The van der Waals surface area contributed by atoms with Crippen LogP contribution >= 0.6 is 0 Å². The van der Waals surface area contributed by atoms with Gasteiger partial charge in [-0.1, -0.05) is 25.1 Å². The number of amidine groups is 1. The first-order valence-electron chi connectivity index (χ1n) is 8.10. The summed E-state index contributed by atoms with van der Waals surface area (Å²) in [6, 6.07) is 13.2. The average molecular weight is 319 g/mol. The van der Waals surface area contributed by atoms with Crippen LogP contribution in [-0.2, 0) is 11.3 Å². The lowest BCUT2D eigenvalue weighted by molar-refractivity contribution is -0.116. The molecule has 5 heteroatoms. The molecule has 0 bridgehead atoms. The molecule has 5 nitrogen and oxygen atoms in total. The molecular formula is C19H17N3O2. The Bertz CT molecular complexity index is 886. The zero-order valence-electron chi connectivity index (χ0n) is 13.4. The van der Waals surface area contributed by atoms with E-state index in [0.29, 0.717) is 24.4 Å². The van der Waals surface area contributed by atoms with Crippen molar-refractivity contribution in [2.75, 3.05) is 5.32 Å². The Morgan fingerprint density at radius 1 is 1.21 bits per heavy atom. The average Bonchev–Trinajstić information content (AvgIpc) is 2.86. The summed E-state index contributed by atoms with van der Waals surface area (Å²) in [6.45, 7) is 2.44. The van der Waals surface area contributed by atoms with E-state index in [9.17, 15) is 9.59 Å². The highest BCUT2D eigenvalue weighted by Crippen LogP contribution is 2.35. The third-order valence-electron chi connectivity index (χ3n) is 4.29. The second kappa shape index (κ2) is 5.60.